The minimum absolute atomic E-state index is 0.229. The lowest BCUT2D eigenvalue weighted by atomic mass is 10.2. The maximum Gasteiger partial charge on any atom is 0.120 e. The quantitative estimate of drug-likeness (QED) is 0.906. The summed E-state index contributed by atoms with van der Waals surface area (Å²) < 4.78 is 12.6. The van der Waals surface area contributed by atoms with Crippen LogP contribution in [0.25, 0.3) is 0 Å². The first-order valence-corrected chi connectivity index (χ1v) is 6.75. The van der Waals surface area contributed by atoms with Crippen molar-refractivity contribution >= 4 is 15.9 Å². The molecule has 1 aromatic rings. The highest BCUT2D eigenvalue weighted by molar-refractivity contribution is 9.10. The number of rotatable bonds is 5. The fraction of sp³-hybridized carbons (Fsp3) is 0.538. The highest BCUT2D eigenvalue weighted by Gasteiger charge is 2.24. The molecule has 17 heavy (non-hydrogen) atoms. The second kappa shape index (κ2) is 6.38. The lowest BCUT2D eigenvalue weighted by molar-refractivity contribution is 0.0193. The van der Waals surface area contributed by atoms with E-state index in [9.17, 15) is 0 Å². The monoisotopic (exact) mass is 299 g/mol. The summed E-state index contributed by atoms with van der Waals surface area (Å²) in [6, 6.07) is 7.89. The van der Waals surface area contributed by atoms with Gasteiger partial charge < -0.3 is 14.8 Å². The van der Waals surface area contributed by atoms with Gasteiger partial charge in [0.2, 0.25) is 0 Å². The second-order valence-corrected chi connectivity index (χ2v) is 5.20. The fourth-order valence-electron chi connectivity index (χ4n) is 2.03. The second-order valence-electron chi connectivity index (χ2n) is 4.28. The summed E-state index contributed by atoms with van der Waals surface area (Å²) >= 11 is 3.43. The van der Waals surface area contributed by atoms with Crippen molar-refractivity contribution in [1.82, 2.24) is 5.32 Å². The minimum atomic E-state index is 0.229. The molecule has 0 aromatic heterocycles. The fourth-order valence-corrected chi connectivity index (χ4v) is 2.40. The van der Waals surface area contributed by atoms with E-state index in [1.165, 1.54) is 0 Å². The predicted molar refractivity (Wildman–Crippen MR) is 71.5 cm³/mol. The van der Waals surface area contributed by atoms with Crippen molar-refractivity contribution in [3.8, 4) is 5.75 Å². The predicted octanol–water partition coefficient (Wildman–Crippen LogP) is 2.59. The molecule has 1 saturated heterocycles. The van der Waals surface area contributed by atoms with E-state index in [4.69, 9.17) is 9.47 Å². The van der Waals surface area contributed by atoms with Crippen molar-refractivity contribution in [1.29, 1.82) is 0 Å². The van der Waals surface area contributed by atoms with Crippen LogP contribution in [0.5, 0.6) is 5.75 Å². The summed E-state index contributed by atoms with van der Waals surface area (Å²) in [5.74, 6) is 0.889. The van der Waals surface area contributed by atoms with Gasteiger partial charge in [-0.05, 0) is 38.1 Å². The standard InChI is InChI=1S/C13H18BrNO2/c1-15-8-12-5-6-13(17-12)9-16-11-4-2-3-10(14)7-11/h2-4,7,12-13,15H,5-6,8-9H2,1H3. The van der Waals surface area contributed by atoms with Crippen LogP contribution in [0.1, 0.15) is 12.8 Å². The van der Waals surface area contributed by atoms with Crippen LogP contribution < -0.4 is 10.1 Å². The smallest absolute Gasteiger partial charge is 0.120 e. The van der Waals surface area contributed by atoms with Gasteiger partial charge in [-0.2, -0.15) is 0 Å². The van der Waals surface area contributed by atoms with Gasteiger partial charge in [-0.1, -0.05) is 22.0 Å². The first-order valence-electron chi connectivity index (χ1n) is 5.96. The van der Waals surface area contributed by atoms with Crippen LogP contribution in [0.4, 0.5) is 0 Å². The number of benzene rings is 1. The van der Waals surface area contributed by atoms with Gasteiger partial charge in [0.1, 0.15) is 12.4 Å². The first-order chi connectivity index (χ1) is 8.28. The Morgan fingerprint density at radius 1 is 1.41 bits per heavy atom. The molecule has 1 N–H and O–H groups in total. The summed E-state index contributed by atoms with van der Waals surface area (Å²) in [5, 5.41) is 3.14. The third-order valence-corrected chi connectivity index (χ3v) is 3.35. The maximum absolute atomic E-state index is 5.85. The van der Waals surface area contributed by atoms with Crippen LogP contribution in [0, 0.1) is 0 Å². The molecule has 0 amide bonds. The Kier molecular flexibility index (Phi) is 4.83. The van der Waals surface area contributed by atoms with E-state index in [1.807, 2.05) is 31.3 Å². The number of hydrogen-bond acceptors (Lipinski definition) is 3. The molecule has 3 nitrogen and oxygen atoms in total. The van der Waals surface area contributed by atoms with Gasteiger partial charge in [-0.15, -0.1) is 0 Å². The highest BCUT2D eigenvalue weighted by Crippen LogP contribution is 2.22. The van der Waals surface area contributed by atoms with Crippen molar-refractivity contribution < 1.29 is 9.47 Å². The van der Waals surface area contributed by atoms with Gasteiger partial charge in [0, 0.05) is 11.0 Å². The molecule has 1 aromatic carbocycles. The van der Waals surface area contributed by atoms with Gasteiger partial charge >= 0.3 is 0 Å². The molecule has 0 spiro atoms. The van der Waals surface area contributed by atoms with E-state index in [0.717, 1.165) is 29.6 Å². The Labute approximate surface area is 111 Å². The largest absolute Gasteiger partial charge is 0.491 e. The Morgan fingerprint density at radius 2 is 2.24 bits per heavy atom. The lowest BCUT2D eigenvalue weighted by Crippen LogP contribution is -2.25. The molecule has 1 aliphatic heterocycles. The van der Waals surface area contributed by atoms with Crippen LogP contribution in [0.3, 0.4) is 0 Å². The number of hydrogen-bond donors (Lipinski definition) is 1. The van der Waals surface area contributed by atoms with Gasteiger partial charge in [0.15, 0.2) is 0 Å². The van der Waals surface area contributed by atoms with Crippen LogP contribution in [0.2, 0.25) is 0 Å². The van der Waals surface area contributed by atoms with E-state index >= 15 is 0 Å². The molecule has 2 unspecified atom stereocenters. The number of likely N-dealkylation sites (N-methyl/N-ethyl adjacent to an activating group) is 1. The Bertz CT molecular complexity index is 359. The molecule has 1 heterocycles. The molecule has 0 saturated carbocycles. The molecule has 94 valence electrons. The highest BCUT2D eigenvalue weighted by atomic mass is 79.9. The van der Waals surface area contributed by atoms with Crippen molar-refractivity contribution in [3.63, 3.8) is 0 Å². The average molecular weight is 300 g/mol. The van der Waals surface area contributed by atoms with Crippen LogP contribution in [0.15, 0.2) is 28.7 Å². The normalized spacial score (nSPS) is 23.9. The summed E-state index contributed by atoms with van der Waals surface area (Å²) in [5.41, 5.74) is 0. The number of ether oxygens (including phenoxy) is 2. The molecule has 0 aliphatic carbocycles. The molecular formula is C13H18BrNO2. The maximum atomic E-state index is 5.85. The third-order valence-electron chi connectivity index (χ3n) is 2.86. The van der Waals surface area contributed by atoms with Crippen LogP contribution in [-0.4, -0.2) is 32.4 Å². The van der Waals surface area contributed by atoms with Gasteiger partial charge in [-0.3, -0.25) is 0 Å². The molecule has 0 radical (unpaired) electrons. The van der Waals surface area contributed by atoms with Gasteiger partial charge in [0.05, 0.1) is 12.2 Å². The molecule has 4 heteroatoms. The summed E-state index contributed by atoms with van der Waals surface area (Å²) in [6.07, 6.45) is 2.77. The summed E-state index contributed by atoms with van der Waals surface area (Å²) in [4.78, 5) is 0. The topological polar surface area (TPSA) is 30.5 Å². The lowest BCUT2D eigenvalue weighted by Gasteiger charge is -2.14. The molecule has 1 aliphatic rings. The molecule has 2 rings (SSSR count). The third kappa shape index (κ3) is 3.98. The number of halogens is 1. The van der Waals surface area contributed by atoms with Gasteiger partial charge in [-0.25, -0.2) is 0 Å². The molecule has 2 atom stereocenters. The SMILES string of the molecule is CNCC1CCC(COc2cccc(Br)c2)O1. The molecule has 0 bridgehead atoms. The summed E-state index contributed by atoms with van der Waals surface area (Å²) in [7, 11) is 1.95. The summed E-state index contributed by atoms with van der Waals surface area (Å²) in [6.45, 7) is 1.56. The van der Waals surface area contributed by atoms with Gasteiger partial charge in [0.25, 0.3) is 0 Å². The van der Waals surface area contributed by atoms with Crippen molar-refractivity contribution in [3.05, 3.63) is 28.7 Å². The van der Waals surface area contributed by atoms with Crippen molar-refractivity contribution in [2.45, 2.75) is 25.0 Å². The Hall–Kier alpha value is -0.580. The van der Waals surface area contributed by atoms with Crippen LogP contribution in [-0.2, 0) is 4.74 Å². The van der Waals surface area contributed by atoms with Crippen molar-refractivity contribution in [2.75, 3.05) is 20.2 Å². The molecular weight excluding hydrogens is 282 g/mol. The average Bonchev–Trinajstić information content (AvgIpc) is 2.75. The van der Waals surface area contributed by atoms with E-state index in [2.05, 4.69) is 21.2 Å². The Morgan fingerprint density at radius 3 is 3.00 bits per heavy atom. The zero-order valence-corrected chi connectivity index (χ0v) is 11.6. The van der Waals surface area contributed by atoms with E-state index in [-0.39, 0.29) is 6.10 Å². The van der Waals surface area contributed by atoms with E-state index in [0.29, 0.717) is 12.7 Å². The van der Waals surface area contributed by atoms with E-state index in [1.54, 1.807) is 0 Å². The van der Waals surface area contributed by atoms with Crippen LogP contribution >= 0.6 is 15.9 Å². The zero-order valence-electron chi connectivity index (χ0n) is 9.99. The van der Waals surface area contributed by atoms with Crippen molar-refractivity contribution in [2.24, 2.45) is 0 Å². The van der Waals surface area contributed by atoms with E-state index < -0.39 is 0 Å². The number of nitrogens with one attached hydrogen (secondary N) is 1. The first kappa shape index (κ1) is 12.9. The Balaban J connectivity index is 1.76. The zero-order chi connectivity index (χ0) is 12.1. The molecule has 1 fully saturated rings. The minimum Gasteiger partial charge on any atom is -0.491 e.